The predicted molar refractivity (Wildman–Crippen MR) is 82.2 cm³/mol. The smallest absolute Gasteiger partial charge is 0.193 e. The molecular weight excluding hydrogens is 268 g/mol. The van der Waals surface area contributed by atoms with Gasteiger partial charge in [0.15, 0.2) is 4.96 Å². The Bertz CT molecular complexity index is 672. The predicted octanol–water partition coefficient (Wildman–Crippen LogP) is 2.86. The van der Waals surface area contributed by atoms with Gasteiger partial charge in [-0.05, 0) is 25.1 Å². The maximum Gasteiger partial charge on any atom is 0.193 e. The third kappa shape index (κ3) is 2.46. The molecule has 4 nitrogen and oxygen atoms in total. The summed E-state index contributed by atoms with van der Waals surface area (Å²) < 4.78 is 2.08. The number of nitrogens with zero attached hydrogens (tertiary/aromatic N) is 3. The van der Waals surface area contributed by atoms with E-state index in [2.05, 4.69) is 44.3 Å². The maximum atomic E-state index is 4.66. The number of pyridine rings is 1. The SMILES string of the molecule is CCc1cccnc1C(Cc1cn2ccsc2n1)NC. The van der Waals surface area contributed by atoms with E-state index in [1.807, 2.05) is 25.5 Å². The summed E-state index contributed by atoms with van der Waals surface area (Å²) in [7, 11) is 1.98. The van der Waals surface area contributed by atoms with E-state index in [1.54, 1.807) is 11.3 Å². The van der Waals surface area contributed by atoms with Crippen molar-refractivity contribution in [1.29, 1.82) is 0 Å². The fourth-order valence-electron chi connectivity index (χ4n) is 2.48. The first-order valence-corrected chi connectivity index (χ1v) is 7.72. The maximum absolute atomic E-state index is 4.66. The second kappa shape index (κ2) is 5.73. The zero-order chi connectivity index (χ0) is 13.9. The summed E-state index contributed by atoms with van der Waals surface area (Å²) in [5, 5.41) is 5.42. The molecule has 3 aromatic rings. The summed E-state index contributed by atoms with van der Waals surface area (Å²) in [5.74, 6) is 0. The number of aryl methyl sites for hydroxylation is 1. The first-order chi connectivity index (χ1) is 9.81. The fraction of sp³-hybridized carbons (Fsp3) is 0.333. The Morgan fingerprint density at radius 1 is 1.45 bits per heavy atom. The minimum Gasteiger partial charge on any atom is -0.311 e. The van der Waals surface area contributed by atoms with Crippen molar-refractivity contribution < 1.29 is 0 Å². The van der Waals surface area contributed by atoms with Gasteiger partial charge in [0.2, 0.25) is 0 Å². The highest BCUT2D eigenvalue weighted by Crippen LogP contribution is 2.21. The van der Waals surface area contributed by atoms with Gasteiger partial charge in [-0.3, -0.25) is 9.38 Å². The van der Waals surface area contributed by atoms with Crippen molar-refractivity contribution in [3.8, 4) is 0 Å². The number of hydrogen-bond acceptors (Lipinski definition) is 4. The van der Waals surface area contributed by atoms with Crippen molar-refractivity contribution >= 4 is 16.3 Å². The van der Waals surface area contributed by atoms with Crippen LogP contribution in [0.5, 0.6) is 0 Å². The van der Waals surface area contributed by atoms with E-state index in [4.69, 9.17) is 0 Å². The number of nitrogens with one attached hydrogen (secondary N) is 1. The van der Waals surface area contributed by atoms with E-state index in [9.17, 15) is 0 Å². The molecule has 0 saturated carbocycles. The lowest BCUT2D eigenvalue weighted by molar-refractivity contribution is 0.564. The number of thiazole rings is 1. The summed E-state index contributed by atoms with van der Waals surface area (Å²) in [6, 6.07) is 4.36. The summed E-state index contributed by atoms with van der Waals surface area (Å²) in [6.45, 7) is 2.17. The molecule has 5 heteroatoms. The fourth-order valence-corrected chi connectivity index (χ4v) is 3.20. The van der Waals surface area contributed by atoms with Crippen LogP contribution in [-0.4, -0.2) is 21.4 Å². The number of hydrogen-bond donors (Lipinski definition) is 1. The molecule has 0 radical (unpaired) electrons. The molecule has 0 spiro atoms. The zero-order valence-corrected chi connectivity index (χ0v) is 12.5. The topological polar surface area (TPSA) is 42.2 Å². The molecule has 3 rings (SSSR count). The quantitative estimate of drug-likeness (QED) is 0.784. The van der Waals surface area contributed by atoms with Crippen LogP contribution in [-0.2, 0) is 12.8 Å². The third-order valence-electron chi connectivity index (χ3n) is 3.54. The Morgan fingerprint density at radius 3 is 3.10 bits per heavy atom. The Labute approximate surface area is 122 Å². The third-order valence-corrected chi connectivity index (χ3v) is 4.31. The average molecular weight is 286 g/mol. The van der Waals surface area contributed by atoms with E-state index < -0.39 is 0 Å². The highest BCUT2D eigenvalue weighted by molar-refractivity contribution is 7.15. The van der Waals surface area contributed by atoms with E-state index in [0.29, 0.717) is 0 Å². The van der Waals surface area contributed by atoms with E-state index in [1.165, 1.54) is 5.56 Å². The molecule has 0 aliphatic heterocycles. The molecule has 104 valence electrons. The van der Waals surface area contributed by atoms with Gasteiger partial charge >= 0.3 is 0 Å². The molecule has 1 unspecified atom stereocenters. The minimum absolute atomic E-state index is 0.204. The molecule has 0 saturated heterocycles. The molecule has 0 aliphatic rings. The number of fused-ring (bicyclic) bond motifs is 1. The number of likely N-dealkylation sites (N-methyl/N-ethyl adjacent to an activating group) is 1. The summed E-state index contributed by atoms with van der Waals surface area (Å²) in [4.78, 5) is 10.3. The molecule has 0 bridgehead atoms. The Balaban J connectivity index is 1.88. The number of aromatic nitrogens is 3. The summed E-state index contributed by atoms with van der Waals surface area (Å²) in [5.41, 5.74) is 3.53. The summed E-state index contributed by atoms with van der Waals surface area (Å²) >= 11 is 1.66. The van der Waals surface area contributed by atoms with Crippen molar-refractivity contribution in [2.45, 2.75) is 25.8 Å². The highest BCUT2D eigenvalue weighted by Gasteiger charge is 2.16. The lowest BCUT2D eigenvalue weighted by Gasteiger charge is -2.17. The minimum atomic E-state index is 0.204. The molecule has 3 aromatic heterocycles. The van der Waals surface area contributed by atoms with Crippen molar-refractivity contribution in [2.24, 2.45) is 0 Å². The monoisotopic (exact) mass is 286 g/mol. The zero-order valence-electron chi connectivity index (χ0n) is 11.7. The molecule has 0 aromatic carbocycles. The van der Waals surface area contributed by atoms with Gasteiger partial charge in [-0.15, -0.1) is 11.3 Å². The molecule has 0 amide bonds. The van der Waals surface area contributed by atoms with Crippen LogP contribution in [0, 0.1) is 0 Å². The molecular formula is C15H18N4S. The first kappa shape index (κ1) is 13.3. The molecule has 0 aliphatic carbocycles. The lowest BCUT2D eigenvalue weighted by Crippen LogP contribution is -2.21. The van der Waals surface area contributed by atoms with Gasteiger partial charge in [0.1, 0.15) is 0 Å². The van der Waals surface area contributed by atoms with Crippen LogP contribution in [0.2, 0.25) is 0 Å². The van der Waals surface area contributed by atoms with Crippen molar-refractivity contribution in [1.82, 2.24) is 19.7 Å². The van der Waals surface area contributed by atoms with Gasteiger partial charge < -0.3 is 5.32 Å². The number of imidazole rings is 1. The van der Waals surface area contributed by atoms with Crippen LogP contribution < -0.4 is 5.32 Å². The average Bonchev–Trinajstić information content (AvgIpc) is 3.05. The lowest BCUT2D eigenvalue weighted by atomic mass is 10.0. The van der Waals surface area contributed by atoms with Gasteiger partial charge in [0.25, 0.3) is 0 Å². The van der Waals surface area contributed by atoms with Crippen LogP contribution in [0.4, 0.5) is 0 Å². The molecule has 20 heavy (non-hydrogen) atoms. The molecule has 1 atom stereocenters. The second-order valence-corrected chi connectivity index (χ2v) is 5.64. The summed E-state index contributed by atoms with van der Waals surface area (Å²) in [6.07, 6.45) is 7.87. The van der Waals surface area contributed by atoms with Gasteiger partial charge in [-0.1, -0.05) is 13.0 Å². The van der Waals surface area contributed by atoms with E-state index >= 15 is 0 Å². The van der Waals surface area contributed by atoms with Gasteiger partial charge in [-0.25, -0.2) is 4.98 Å². The van der Waals surface area contributed by atoms with E-state index in [0.717, 1.165) is 29.2 Å². The van der Waals surface area contributed by atoms with Crippen LogP contribution in [0.25, 0.3) is 4.96 Å². The Morgan fingerprint density at radius 2 is 2.35 bits per heavy atom. The van der Waals surface area contributed by atoms with Gasteiger partial charge in [0, 0.05) is 30.4 Å². The number of rotatable bonds is 5. The standard InChI is InChI=1S/C15H18N4S/c1-3-11-5-4-6-17-14(11)13(16-2)9-12-10-19-7-8-20-15(19)18-12/h4-8,10,13,16H,3,9H2,1-2H3. The van der Waals surface area contributed by atoms with Crippen molar-refractivity contribution in [3.63, 3.8) is 0 Å². The molecule has 1 N–H and O–H groups in total. The van der Waals surface area contributed by atoms with Crippen LogP contribution in [0.3, 0.4) is 0 Å². The molecule has 0 fully saturated rings. The normalized spacial score (nSPS) is 12.9. The largest absolute Gasteiger partial charge is 0.311 e. The first-order valence-electron chi connectivity index (χ1n) is 6.84. The highest BCUT2D eigenvalue weighted by atomic mass is 32.1. The Hall–Kier alpha value is -1.72. The van der Waals surface area contributed by atoms with Crippen LogP contribution in [0.1, 0.15) is 29.9 Å². The van der Waals surface area contributed by atoms with Crippen molar-refractivity contribution in [3.05, 3.63) is 53.1 Å². The Kier molecular flexibility index (Phi) is 3.80. The second-order valence-electron chi connectivity index (χ2n) is 4.77. The van der Waals surface area contributed by atoms with Crippen LogP contribution in [0.15, 0.2) is 36.1 Å². The van der Waals surface area contributed by atoms with E-state index in [-0.39, 0.29) is 6.04 Å². The van der Waals surface area contributed by atoms with Crippen molar-refractivity contribution in [2.75, 3.05) is 7.05 Å². The van der Waals surface area contributed by atoms with Gasteiger partial charge in [-0.2, -0.15) is 0 Å². The van der Waals surface area contributed by atoms with Gasteiger partial charge in [0.05, 0.1) is 17.4 Å². The van der Waals surface area contributed by atoms with Crippen LogP contribution >= 0.6 is 11.3 Å². The molecule has 3 heterocycles.